The van der Waals surface area contributed by atoms with Crippen molar-refractivity contribution in [3.8, 4) is 5.75 Å². The van der Waals surface area contributed by atoms with Crippen LogP contribution in [-0.4, -0.2) is 21.2 Å². The molecular formula is C14H17NO3S2. The Labute approximate surface area is 123 Å². The molecule has 0 spiro atoms. The first-order valence-corrected chi connectivity index (χ1v) is 8.84. The SMILES string of the molecule is Cc1ccc(C(CN)Oc2ccc(S(C)(=O)=O)cc2)s1. The Bertz CT molecular complexity index is 675. The molecule has 0 amide bonds. The van der Waals surface area contributed by atoms with Crippen LogP contribution in [0.1, 0.15) is 15.9 Å². The van der Waals surface area contributed by atoms with E-state index in [-0.39, 0.29) is 11.0 Å². The summed E-state index contributed by atoms with van der Waals surface area (Å²) in [5, 5.41) is 0. The first-order valence-electron chi connectivity index (χ1n) is 6.13. The van der Waals surface area contributed by atoms with E-state index in [4.69, 9.17) is 10.5 Å². The summed E-state index contributed by atoms with van der Waals surface area (Å²) >= 11 is 1.65. The van der Waals surface area contributed by atoms with E-state index in [1.165, 1.54) is 23.3 Å². The van der Waals surface area contributed by atoms with Gasteiger partial charge < -0.3 is 10.5 Å². The maximum Gasteiger partial charge on any atom is 0.175 e. The van der Waals surface area contributed by atoms with Crippen molar-refractivity contribution in [2.75, 3.05) is 12.8 Å². The van der Waals surface area contributed by atoms with E-state index in [2.05, 4.69) is 0 Å². The van der Waals surface area contributed by atoms with Gasteiger partial charge in [-0.2, -0.15) is 0 Å². The Morgan fingerprint density at radius 1 is 1.20 bits per heavy atom. The van der Waals surface area contributed by atoms with E-state index >= 15 is 0 Å². The molecule has 20 heavy (non-hydrogen) atoms. The van der Waals surface area contributed by atoms with Gasteiger partial charge in [-0.25, -0.2) is 8.42 Å². The van der Waals surface area contributed by atoms with E-state index in [0.717, 1.165) is 4.88 Å². The summed E-state index contributed by atoms with van der Waals surface area (Å²) in [5.41, 5.74) is 5.75. The zero-order valence-electron chi connectivity index (χ0n) is 11.4. The lowest BCUT2D eigenvalue weighted by Crippen LogP contribution is -2.17. The molecule has 1 aromatic heterocycles. The van der Waals surface area contributed by atoms with Crippen LogP contribution in [0.2, 0.25) is 0 Å². The van der Waals surface area contributed by atoms with Gasteiger partial charge in [0.25, 0.3) is 0 Å². The molecule has 1 heterocycles. The Morgan fingerprint density at radius 2 is 1.85 bits per heavy atom. The van der Waals surface area contributed by atoms with Crippen molar-refractivity contribution in [1.29, 1.82) is 0 Å². The Kier molecular flexibility index (Phi) is 4.47. The summed E-state index contributed by atoms with van der Waals surface area (Å²) < 4.78 is 28.6. The molecule has 1 atom stereocenters. The van der Waals surface area contributed by atoms with Crippen LogP contribution in [0.5, 0.6) is 5.75 Å². The lowest BCUT2D eigenvalue weighted by Gasteiger charge is -2.16. The fourth-order valence-electron chi connectivity index (χ4n) is 1.78. The molecule has 0 saturated carbocycles. The normalized spacial score (nSPS) is 13.2. The Hall–Kier alpha value is -1.37. The van der Waals surface area contributed by atoms with Crippen molar-refractivity contribution in [3.63, 3.8) is 0 Å². The molecule has 6 heteroatoms. The maximum atomic E-state index is 11.4. The second-order valence-corrected chi connectivity index (χ2v) is 7.87. The molecule has 108 valence electrons. The molecule has 0 aliphatic heterocycles. The molecule has 1 unspecified atom stereocenters. The van der Waals surface area contributed by atoms with Crippen LogP contribution in [0.15, 0.2) is 41.3 Å². The van der Waals surface area contributed by atoms with Crippen molar-refractivity contribution < 1.29 is 13.2 Å². The van der Waals surface area contributed by atoms with Crippen LogP contribution in [0.3, 0.4) is 0 Å². The van der Waals surface area contributed by atoms with Crippen LogP contribution in [0, 0.1) is 6.92 Å². The predicted octanol–water partition coefficient (Wildman–Crippen LogP) is 2.54. The van der Waals surface area contributed by atoms with Crippen molar-refractivity contribution >= 4 is 21.2 Å². The summed E-state index contributed by atoms with van der Waals surface area (Å²) in [6, 6.07) is 10.4. The lowest BCUT2D eigenvalue weighted by atomic mass is 10.2. The molecule has 1 aromatic carbocycles. The van der Waals surface area contributed by atoms with Gasteiger partial charge in [-0.05, 0) is 43.3 Å². The average Bonchev–Trinajstić information content (AvgIpc) is 2.82. The highest BCUT2D eigenvalue weighted by Crippen LogP contribution is 2.27. The van der Waals surface area contributed by atoms with E-state index < -0.39 is 9.84 Å². The molecule has 2 N–H and O–H groups in total. The van der Waals surface area contributed by atoms with Gasteiger partial charge in [-0.15, -0.1) is 11.3 Å². The summed E-state index contributed by atoms with van der Waals surface area (Å²) in [6.07, 6.45) is 0.970. The molecule has 2 aromatic rings. The summed E-state index contributed by atoms with van der Waals surface area (Å²) in [6.45, 7) is 2.40. The highest BCUT2D eigenvalue weighted by molar-refractivity contribution is 7.90. The maximum absolute atomic E-state index is 11.4. The molecule has 2 rings (SSSR count). The van der Waals surface area contributed by atoms with E-state index in [9.17, 15) is 8.42 Å². The van der Waals surface area contributed by atoms with Crippen LogP contribution in [0.25, 0.3) is 0 Å². The smallest absolute Gasteiger partial charge is 0.175 e. The number of nitrogens with two attached hydrogens (primary N) is 1. The Morgan fingerprint density at radius 3 is 2.30 bits per heavy atom. The van der Waals surface area contributed by atoms with Crippen LogP contribution >= 0.6 is 11.3 Å². The van der Waals surface area contributed by atoms with Gasteiger partial charge >= 0.3 is 0 Å². The fourth-order valence-corrected chi connectivity index (χ4v) is 3.33. The summed E-state index contributed by atoms with van der Waals surface area (Å²) in [5.74, 6) is 0.610. The predicted molar refractivity (Wildman–Crippen MR) is 81.0 cm³/mol. The van der Waals surface area contributed by atoms with Crippen LogP contribution in [0.4, 0.5) is 0 Å². The third kappa shape index (κ3) is 3.59. The molecule has 4 nitrogen and oxygen atoms in total. The zero-order chi connectivity index (χ0) is 14.8. The van der Waals surface area contributed by atoms with Gasteiger partial charge in [-0.1, -0.05) is 0 Å². The van der Waals surface area contributed by atoms with Gasteiger partial charge in [0.15, 0.2) is 9.84 Å². The second kappa shape index (κ2) is 5.95. The minimum absolute atomic E-state index is 0.210. The zero-order valence-corrected chi connectivity index (χ0v) is 13.0. The molecule has 0 aliphatic carbocycles. The summed E-state index contributed by atoms with van der Waals surface area (Å²) in [7, 11) is -3.18. The van der Waals surface area contributed by atoms with Crippen molar-refractivity contribution in [3.05, 3.63) is 46.2 Å². The molecule has 0 aliphatic rings. The molecule has 0 radical (unpaired) electrons. The average molecular weight is 311 g/mol. The van der Waals surface area contributed by atoms with E-state index in [1.807, 2.05) is 19.1 Å². The number of thiophene rings is 1. The minimum Gasteiger partial charge on any atom is -0.484 e. The first-order chi connectivity index (χ1) is 9.40. The van der Waals surface area contributed by atoms with Crippen LogP contribution in [-0.2, 0) is 9.84 Å². The van der Waals surface area contributed by atoms with Gasteiger partial charge in [0.05, 0.1) is 4.90 Å². The Balaban J connectivity index is 2.16. The monoisotopic (exact) mass is 311 g/mol. The number of sulfone groups is 1. The van der Waals surface area contributed by atoms with Gasteiger partial charge in [0, 0.05) is 22.6 Å². The molecule has 0 fully saturated rings. The quantitative estimate of drug-likeness (QED) is 0.921. The standard InChI is InChI=1S/C14H17NO3S2/c1-10-3-8-14(19-10)13(9-15)18-11-4-6-12(7-5-11)20(2,16)17/h3-8,13H,9,15H2,1-2H3. The summed E-state index contributed by atoms with van der Waals surface area (Å²) in [4.78, 5) is 2.55. The van der Waals surface area contributed by atoms with Gasteiger partial charge in [0.2, 0.25) is 0 Å². The number of hydrogen-bond donors (Lipinski definition) is 1. The number of hydrogen-bond acceptors (Lipinski definition) is 5. The van der Waals surface area contributed by atoms with Crippen molar-refractivity contribution in [2.45, 2.75) is 17.9 Å². The number of rotatable bonds is 5. The van der Waals surface area contributed by atoms with Gasteiger partial charge in [-0.3, -0.25) is 0 Å². The third-order valence-electron chi connectivity index (χ3n) is 2.82. The van der Waals surface area contributed by atoms with Gasteiger partial charge in [0.1, 0.15) is 11.9 Å². The minimum atomic E-state index is -3.18. The topological polar surface area (TPSA) is 69.4 Å². The third-order valence-corrected chi connectivity index (χ3v) is 5.04. The lowest BCUT2D eigenvalue weighted by molar-refractivity contribution is 0.218. The molecule has 0 bridgehead atoms. The molecular weight excluding hydrogens is 294 g/mol. The first kappa shape index (κ1) is 15.0. The number of aryl methyl sites for hydroxylation is 1. The van der Waals surface area contributed by atoms with Crippen molar-refractivity contribution in [2.24, 2.45) is 5.73 Å². The molecule has 0 saturated heterocycles. The van der Waals surface area contributed by atoms with E-state index in [1.54, 1.807) is 23.5 Å². The van der Waals surface area contributed by atoms with E-state index in [0.29, 0.717) is 12.3 Å². The number of benzene rings is 1. The number of ether oxygens (including phenoxy) is 1. The largest absolute Gasteiger partial charge is 0.484 e. The second-order valence-electron chi connectivity index (χ2n) is 4.53. The van der Waals surface area contributed by atoms with Crippen molar-refractivity contribution in [1.82, 2.24) is 0 Å². The fraction of sp³-hybridized carbons (Fsp3) is 0.286. The highest BCUT2D eigenvalue weighted by Gasteiger charge is 2.14. The highest BCUT2D eigenvalue weighted by atomic mass is 32.2. The van der Waals surface area contributed by atoms with Crippen LogP contribution < -0.4 is 10.5 Å².